The van der Waals surface area contributed by atoms with Crippen LogP contribution in [0.2, 0.25) is 0 Å². The van der Waals surface area contributed by atoms with Crippen LogP contribution in [0.1, 0.15) is 35.6 Å². The molecule has 130 valence electrons. The van der Waals surface area contributed by atoms with E-state index in [4.69, 9.17) is 0 Å². The van der Waals surface area contributed by atoms with E-state index in [1.165, 1.54) is 13.8 Å². The molecule has 0 unspecified atom stereocenters. The van der Waals surface area contributed by atoms with E-state index in [1.54, 1.807) is 18.2 Å². The monoisotopic (exact) mass is 340 g/mol. The fraction of sp³-hybridized carbons (Fsp3) is 0.222. The van der Waals surface area contributed by atoms with Crippen LogP contribution < -0.4 is 16.0 Å². The van der Waals surface area contributed by atoms with E-state index < -0.39 is 0 Å². The van der Waals surface area contributed by atoms with Crippen molar-refractivity contribution in [2.24, 2.45) is 0 Å². The number of aryl methyl sites for hydroxylation is 1. The number of carbonyl (C=O) groups is 3. The minimum absolute atomic E-state index is 0.268. The third kappa shape index (κ3) is 5.72. The van der Waals surface area contributed by atoms with Crippen molar-refractivity contribution in [2.45, 2.75) is 27.3 Å². The number of aromatic nitrogens is 1. The quantitative estimate of drug-likeness (QED) is 0.777. The fourth-order valence-electron chi connectivity index (χ4n) is 2.28. The molecule has 0 saturated carbocycles. The molecule has 2 rings (SSSR count). The number of hydrogen-bond acceptors (Lipinski definition) is 4. The predicted octanol–water partition coefficient (Wildman–Crippen LogP) is 2.24. The van der Waals surface area contributed by atoms with Crippen molar-refractivity contribution < 1.29 is 14.4 Å². The SMILES string of the molecule is CC(=O)Nc1cc(NC(C)=O)cc(C(=O)NCc2cccc(C)n2)c1. The van der Waals surface area contributed by atoms with E-state index in [0.717, 1.165) is 11.4 Å². The van der Waals surface area contributed by atoms with Crippen molar-refractivity contribution in [3.8, 4) is 0 Å². The largest absolute Gasteiger partial charge is 0.346 e. The molecule has 0 aliphatic heterocycles. The number of rotatable bonds is 5. The van der Waals surface area contributed by atoms with Gasteiger partial charge in [-0.2, -0.15) is 0 Å². The van der Waals surface area contributed by atoms with Crippen molar-refractivity contribution in [3.05, 3.63) is 53.3 Å². The zero-order valence-corrected chi connectivity index (χ0v) is 14.3. The van der Waals surface area contributed by atoms with Gasteiger partial charge in [-0.05, 0) is 37.3 Å². The Morgan fingerprint density at radius 3 is 2.08 bits per heavy atom. The molecule has 0 fully saturated rings. The molecule has 0 radical (unpaired) electrons. The number of pyridine rings is 1. The number of carbonyl (C=O) groups excluding carboxylic acids is 3. The maximum Gasteiger partial charge on any atom is 0.251 e. The molecule has 0 saturated heterocycles. The molecular weight excluding hydrogens is 320 g/mol. The summed E-state index contributed by atoms with van der Waals surface area (Å²) in [5.41, 5.74) is 2.79. The summed E-state index contributed by atoms with van der Waals surface area (Å²) in [4.78, 5) is 39.3. The third-order valence-electron chi connectivity index (χ3n) is 3.21. The molecule has 0 aliphatic carbocycles. The summed E-state index contributed by atoms with van der Waals surface area (Å²) in [7, 11) is 0. The Hall–Kier alpha value is -3.22. The summed E-state index contributed by atoms with van der Waals surface area (Å²) in [5, 5.41) is 8.00. The molecule has 0 bridgehead atoms. The van der Waals surface area contributed by atoms with Gasteiger partial charge in [-0.3, -0.25) is 19.4 Å². The van der Waals surface area contributed by atoms with Crippen LogP contribution in [0.15, 0.2) is 36.4 Å². The van der Waals surface area contributed by atoms with Gasteiger partial charge < -0.3 is 16.0 Å². The first-order valence-electron chi connectivity index (χ1n) is 7.74. The van der Waals surface area contributed by atoms with E-state index >= 15 is 0 Å². The van der Waals surface area contributed by atoms with Crippen molar-refractivity contribution in [2.75, 3.05) is 10.6 Å². The zero-order chi connectivity index (χ0) is 18.4. The van der Waals surface area contributed by atoms with Crippen LogP contribution in [0, 0.1) is 6.92 Å². The van der Waals surface area contributed by atoms with Crippen LogP contribution in [0.25, 0.3) is 0 Å². The second-order valence-electron chi connectivity index (χ2n) is 5.61. The molecule has 1 aromatic carbocycles. The molecule has 3 amide bonds. The van der Waals surface area contributed by atoms with E-state index in [-0.39, 0.29) is 24.3 Å². The maximum atomic E-state index is 12.4. The highest BCUT2D eigenvalue weighted by Crippen LogP contribution is 2.19. The molecule has 1 heterocycles. The summed E-state index contributed by atoms with van der Waals surface area (Å²) in [6.07, 6.45) is 0. The molecule has 1 aromatic heterocycles. The van der Waals surface area contributed by atoms with Crippen molar-refractivity contribution >= 4 is 29.1 Å². The maximum absolute atomic E-state index is 12.4. The smallest absolute Gasteiger partial charge is 0.251 e. The first kappa shape index (κ1) is 18.1. The average Bonchev–Trinajstić information content (AvgIpc) is 2.51. The molecule has 7 nitrogen and oxygen atoms in total. The molecule has 0 aliphatic rings. The Morgan fingerprint density at radius 1 is 0.960 bits per heavy atom. The predicted molar refractivity (Wildman–Crippen MR) is 95.2 cm³/mol. The van der Waals surface area contributed by atoms with E-state index in [0.29, 0.717) is 16.9 Å². The molecule has 2 aromatic rings. The Kier molecular flexibility index (Phi) is 5.84. The topological polar surface area (TPSA) is 100 Å². The van der Waals surface area contributed by atoms with Gasteiger partial charge in [-0.15, -0.1) is 0 Å². The molecule has 25 heavy (non-hydrogen) atoms. The molecule has 0 spiro atoms. The van der Waals surface area contributed by atoms with Crippen LogP contribution in [0.3, 0.4) is 0 Å². The van der Waals surface area contributed by atoms with Gasteiger partial charge in [-0.25, -0.2) is 0 Å². The zero-order valence-electron chi connectivity index (χ0n) is 14.3. The Morgan fingerprint density at radius 2 is 1.56 bits per heavy atom. The van der Waals surface area contributed by atoms with Crippen LogP contribution in [0.5, 0.6) is 0 Å². The number of amides is 3. The van der Waals surface area contributed by atoms with Gasteiger partial charge in [0.05, 0.1) is 12.2 Å². The van der Waals surface area contributed by atoms with E-state index in [1.807, 2.05) is 25.1 Å². The van der Waals surface area contributed by atoms with Crippen LogP contribution >= 0.6 is 0 Å². The minimum Gasteiger partial charge on any atom is -0.346 e. The average molecular weight is 340 g/mol. The van der Waals surface area contributed by atoms with Gasteiger partial charge in [0, 0.05) is 36.5 Å². The Balaban J connectivity index is 2.18. The van der Waals surface area contributed by atoms with Crippen molar-refractivity contribution in [3.63, 3.8) is 0 Å². The highest BCUT2D eigenvalue weighted by atomic mass is 16.2. The Labute approximate surface area is 145 Å². The van der Waals surface area contributed by atoms with Crippen LogP contribution in [-0.2, 0) is 16.1 Å². The highest BCUT2D eigenvalue weighted by Gasteiger charge is 2.11. The van der Waals surface area contributed by atoms with Crippen molar-refractivity contribution in [1.29, 1.82) is 0 Å². The number of nitrogens with zero attached hydrogens (tertiary/aromatic N) is 1. The standard InChI is InChI=1S/C18H20N4O3/c1-11-5-4-6-15(20-11)10-19-18(25)14-7-16(21-12(2)23)9-17(8-14)22-13(3)24/h4-9H,10H2,1-3H3,(H,19,25)(H,21,23)(H,22,24). The number of nitrogens with one attached hydrogen (secondary N) is 3. The summed E-state index contributed by atoms with van der Waals surface area (Å²) in [6.45, 7) is 4.89. The third-order valence-corrected chi connectivity index (χ3v) is 3.21. The van der Waals surface area contributed by atoms with Gasteiger partial charge in [0.25, 0.3) is 5.91 Å². The summed E-state index contributed by atoms with van der Waals surface area (Å²) >= 11 is 0. The van der Waals surface area contributed by atoms with E-state index in [9.17, 15) is 14.4 Å². The molecule has 0 atom stereocenters. The normalized spacial score (nSPS) is 10.0. The van der Waals surface area contributed by atoms with E-state index in [2.05, 4.69) is 20.9 Å². The lowest BCUT2D eigenvalue weighted by Crippen LogP contribution is -2.24. The van der Waals surface area contributed by atoms with Gasteiger partial charge in [0.1, 0.15) is 0 Å². The number of hydrogen-bond donors (Lipinski definition) is 3. The number of benzene rings is 1. The molecule has 3 N–H and O–H groups in total. The lowest BCUT2D eigenvalue weighted by Gasteiger charge is -2.11. The minimum atomic E-state index is -0.331. The molecule has 7 heteroatoms. The summed E-state index contributed by atoms with van der Waals surface area (Å²) in [5.74, 6) is -0.868. The molecular formula is C18H20N4O3. The second kappa shape index (κ2) is 8.05. The van der Waals surface area contributed by atoms with Gasteiger partial charge >= 0.3 is 0 Å². The summed E-state index contributed by atoms with van der Waals surface area (Å²) < 4.78 is 0. The Bertz CT molecular complexity index is 783. The summed E-state index contributed by atoms with van der Waals surface area (Å²) in [6, 6.07) is 10.3. The highest BCUT2D eigenvalue weighted by molar-refractivity contribution is 5.99. The second-order valence-corrected chi connectivity index (χ2v) is 5.61. The van der Waals surface area contributed by atoms with Crippen molar-refractivity contribution in [1.82, 2.24) is 10.3 Å². The van der Waals surface area contributed by atoms with Gasteiger partial charge in [0.2, 0.25) is 11.8 Å². The fourth-order valence-corrected chi connectivity index (χ4v) is 2.28. The lowest BCUT2D eigenvalue weighted by atomic mass is 10.1. The van der Waals surface area contributed by atoms with Gasteiger partial charge in [-0.1, -0.05) is 6.07 Å². The first-order chi connectivity index (χ1) is 11.8. The lowest BCUT2D eigenvalue weighted by molar-refractivity contribution is -0.115. The number of anilines is 2. The van der Waals surface area contributed by atoms with Crippen LogP contribution in [-0.4, -0.2) is 22.7 Å². The first-order valence-corrected chi connectivity index (χ1v) is 7.74. The van der Waals surface area contributed by atoms with Crippen LogP contribution in [0.4, 0.5) is 11.4 Å². The van der Waals surface area contributed by atoms with Gasteiger partial charge in [0.15, 0.2) is 0 Å².